The number of benzene rings is 1. The molecule has 0 bridgehead atoms. The van der Waals surface area contributed by atoms with Gasteiger partial charge in [-0.15, -0.1) is 12.4 Å². The van der Waals surface area contributed by atoms with Crippen molar-refractivity contribution in [2.75, 3.05) is 13.7 Å². The van der Waals surface area contributed by atoms with Gasteiger partial charge in [0, 0.05) is 10.5 Å². The van der Waals surface area contributed by atoms with Crippen LogP contribution in [0.2, 0.25) is 0 Å². The normalized spacial score (nSPS) is 20.2. The molecule has 3 nitrogen and oxygen atoms in total. The van der Waals surface area contributed by atoms with Crippen molar-refractivity contribution in [1.29, 1.82) is 0 Å². The lowest BCUT2D eigenvalue weighted by atomic mass is 9.86. The molecule has 0 saturated carbocycles. The van der Waals surface area contributed by atoms with Crippen LogP contribution in [0, 0.1) is 0 Å². The van der Waals surface area contributed by atoms with E-state index in [0.717, 1.165) is 23.0 Å². The monoisotopic (exact) mass is 347 g/mol. The SMILES string of the molecule is COC(=O)[C@@H](c1cccc(Br)c1)[C@@H]1CCCCN1.Cl. The number of methoxy groups -OCH3 is 1. The van der Waals surface area contributed by atoms with Gasteiger partial charge in [-0.05, 0) is 37.1 Å². The molecule has 0 radical (unpaired) electrons. The summed E-state index contributed by atoms with van der Waals surface area (Å²) in [5, 5.41) is 3.44. The van der Waals surface area contributed by atoms with Crippen molar-refractivity contribution in [1.82, 2.24) is 5.32 Å². The Labute approximate surface area is 128 Å². The topological polar surface area (TPSA) is 38.3 Å². The molecule has 1 aromatic carbocycles. The zero-order chi connectivity index (χ0) is 13.0. The number of carbonyl (C=O) groups is 1. The van der Waals surface area contributed by atoms with Crippen LogP contribution in [0.1, 0.15) is 30.7 Å². The summed E-state index contributed by atoms with van der Waals surface area (Å²) < 4.78 is 5.96. The summed E-state index contributed by atoms with van der Waals surface area (Å²) in [6.07, 6.45) is 3.37. The molecule has 2 rings (SSSR count). The fraction of sp³-hybridized carbons (Fsp3) is 0.500. The van der Waals surface area contributed by atoms with Gasteiger partial charge in [0.2, 0.25) is 0 Å². The van der Waals surface area contributed by atoms with Gasteiger partial charge < -0.3 is 10.1 Å². The molecule has 0 spiro atoms. The molecule has 1 aromatic rings. The van der Waals surface area contributed by atoms with E-state index in [-0.39, 0.29) is 30.3 Å². The van der Waals surface area contributed by atoms with Gasteiger partial charge in [-0.25, -0.2) is 0 Å². The van der Waals surface area contributed by atoms with Crippen LogP contribution < -0.4 is 5.32 Å². The number of esters is 1. The molecule has 1 N–H and O–H groups in total. The van der Waals surface area contributed by atoms with Crippen LogP contribution in [0.25, 0.3) is 0 Å². The second kappa shape index (κ2) is 7.88. The number of carbonyl (C=O) groups excluding carboxylic acids is 1. The van der Waals surface area contributed by atoms with Crippen LogP contribution in [0.4, 0.5) is 0 Å². The van der Waals surface area contributed by atoms with E-state index in [1.807, 2.05) is 24.3 Å². The third-order valence-electron chi connectivity index (χ3n) is 3.41. The molecule has 19 heavy (non-hydrogen) atoms. The van der Waals surface area contributed by atoms with E-state index in [1.165, 1.54) is 20.0 Å². The Balaban J connectivity index is 0.00000180. The largest absolute Gasteiger partial charge is 0.469 e. The molecule has 106 valence electrons. The van der Waals surface area contributed by atoms with E-state index in [9.17, 15) is 4.79 Å². The first kappa shape index (κ1) is 16.5. The first-order chi connectivity index (χ1) is 8.72. The zero-order valence-corrected chi connectivity index (χ0v) is 13.3. The quantitative estimate of drug-likeness (QED) is 0.852. The first-order valence-corrected chi connectivity index (χ1v) is 7.08. The van der Waals surface area contributed by atoms with Crippen LogP contribution in [0.15, 0.2) is 28.7 Å². The number of hydrogen-bond acceptors (Lipinski definition) is 3. The average Bonchev–Trinajstić information content (AvgIpc) is 2.40. The summed E-state index contributed by atoms with van der Waals surface area (Å²) in [5.74, 6) is -0.375. The third kappa shape index (κ3) is 4.20. The third-order valence-corrected chi connectivity index (χ3v) is 3.91. The van der Waals surface area contributed by atoms with E-state index >= 15 is 0 Å². The Bertz CT molecular complexity index is 422. The summed E-state index contributed by atoms with van der Waals surface area (Å²) >= 11 is 3.45. The highest BCUT2D eigenvalue weighted by atomic mass is 79.9. The number of ether oxygens (including phenoxy) is 1. The summed E-state index contributed by atoms with van der Waals surface area (Å²) in [4.78, 5) is 12.0. The van der Waals surface area contributed by atoms with E-state index < -0.39 is 0 Å². The van der Waals surface area contributed by atoms with Gasteiger partial charge >= 0.3 is 5.97 Å². The predicted molar refractivity (Wildman–Crippen MR) is 81.8 cm³/mol. The molecule has 1 heterocycles. The number of nitrogens with one attached hydrogen (secondary N) is 1. The second-order valence-electron chi connectivity index (χ2n) is 4.61. The van der Waals surface area contributed by atoms with Crippen LogP contribution in [0.5, 0.6) is 0 Å². The maximum absolute atomic E-state index is 12.0. The summed E-state index contributed by atoms with van der Waals surface area (Å²) in [6, 6.07) is 8.09. The van der Waals surface area contributed by atoms with Gasteiger partial charge in [0.1, 0.15) is 0 Å². The fourth-order valence-corrected chi connectivity index (χ4v) is 2.94. The Morgan fingerprint density at radius 3 is 2.84 bits per heavy atom. The molecule has 0 unspecified atom stereocenters. The van der Waals surface area contributed by atoms with Gasteiger partial charge in [0.05, 0.1) is 13.0 Å². The highest BCUT2D eigenvalue weighted by Crippen LogP contribution is 2.28. The predicted octanol–water partition coefficient (Wildman–Crippen LogP) is 3.27. The van der Waals surface area contributed by atoms with Crippen LogP contribution >= 0.6 is 28.3 Å². The highest BCUT2D eigenvalue weighted by Gasteiger charge is 2.31. The van der Waals surface area contributed by atoms with Crippen molar-refractivity contribution in [2.45, 2.75) is 31.2 Å². The van der Waals surface area contributed by atoms with Crippen molar-refractivity contribution < 1.29 is 9.53 Å². The zero-order valence-electron chi connectivity index (χ0n) is 10.9. The number of piperidine rings is 1. The molecule has 1 aliphatic rings. The molecule has 2 atom stereocenters. The Hall–Kier alpha value is -0.580. The highest BCUT2D eigenvalue weighted by molar-refractivity contribution is 9.10. The molecular formula is C14H19BrClNO2. The number of hydrogen-bond donors (Lipinski definition) is 1. The first-order valence-electron chi connectivity index (χ1n) is 6.29. The van der Waals surface area contributed by atoms with Gasteiger partial charge in [0.25, 0.3) is 0 Å². The minimum absolute atomic E-state index is 0. The van der Waals surface area contributed by atoms with Crippen molar-refractivity contribution in [3.05, 3.63) is 34.3 Å². The Morgan fingerprint density at radius 1 is 1.47 bits per heavy atom. The summed E-state index contributed by atoms with van der Waals surface area (Å²) in [5.41, 5.74) is 1.01. The van der Waals surface area contributed by atoms with Crippen molar-refractivity contribution in [3.8, 4) is 0 Å². The van der Waals surface area contributed by atoms with Gasteiger partial charge in [-0.2, -0.15) is 0 Å². The molecule has 0 aromatic heterocycles. The molecule has 5 heteroatoms. The van der Waals surface area contributed by atoms with Gasteiger partial charge in [-0.3, -0.25) is 4.79 Å². The summed E-state index contributed by atoms with van der Waals surface area (Å²) in [6.45, 7) is 0.978. The van der Waals surface area contributed by atoms with Gasteiger partial charge in [-0.1, -0.05) is 34.5 Å². The second-order valence-corrected chi connectivity index (χ2v) is 5.53. The Morgan fingerprint density at radius 2 is 2.26 bits per heavy atom. The van der Waals surface area contributed by atoms with Crippen molar-refractivity contribution in [2.24, 2.45) is 0 Å². The molecule has 1 saturated heterocycles. The van der Waals surface area contributed by atoms with Crippen molar-refractivity contribution in [3.63, 3.8) is 0 Å². The smallest absolute Gasteiger partial charge is 0.314 e. The maximum Gasteiger partial charge on any atom is 0.314 e. The molecule has 0 aliphatic carbocycles. The lowest BCUT2D eigenvalue weighted by Gasteiger charge is -2.30. The van der Waals surface area contributed by atoms with E-state index in [2.05, 4.69) is 21.2 Å². The average molecular weight is 349 g/mol. The van der Waals surface area contributed by atoms with E-state index in [0.29, 0.717) is 0 Å². The van der Waals surface area contributed by atoms with E-state index in [4.69, 9.17) is 4.74 Å². The maximum atomic E-state index is 12.0. The molecule has 0 amide bonds. The minimum Gasteiger partial charge on any atom is -0.469 e. The molecule has 1 aliphatic heterocycles. The van der Waals surface area contributed by atoms with Crippen LogP contribution in [-0.4, -0.2) is 25.7 Å². The van der Waals surface area contributed by atoms with Crippen molar-refractivity contribution >= 4 is 34.3 Å². The minimum atomic E-state index is -0.215. The molecular weight excluding hydrogens is 330 g/mol. The van der Waals surface area contributed by atoms with Crippen LogP contribution in [-0.2, 0) is 9.53 Å². The lowest BCUT2D eigenvalue weighted by molar-refractivity contribution is -0.143. The van der Waals surface area contributed by atoms with Crippen LogP contribution in [0.3, 0.4) is 0 Å². The Kier molecular flexibility index (Phi) is 6.83. The standard InChI is InChI=1S/C14H18BrNO2.ClH/c1-18-14(17)13(12-7-2-3-8-16-12)10-5-4-6-11(15)9-10;/h4-6,9,12-13,16H,2-3,7-8H2,1H3;1H/t12-,13-;/m0./s1. The number of rotatable bonds is 3. The molecule has 1 fully saturated rings. The summed E-state index contributed by atoms with van der Waals surface area (Å²) in [7, 11) is 1.45. The van der Waals surface area contributed by atoms with Gasteiger partial charge in [0.15, 0.2) is 0 Å². The fourth-order valence-electron chi connectivity index (χ4n) is 2.52. The lowest BCUT2D eigenvalue weighted by Crippen LogP contribution is -2.42. The number of halogens is 2. The van der Waals surface area contributed by atoms with E-state index in [1.54, 1.807) is 0 Å².